The van der Waals surface area contributed by atoms with Gasteiger partial charge in [0, 0.05) is 19.7 Å². The maximum Gasteiger partial charge on any atom is 0.0736 e. The maximum absolute atomic E-state index is 5.90. The van der Waals surface area contributed by atoms with Crippen molar-refractivity contribution in [2.45, 2.75) is 51.3 Å². The van der Waals surface area contributed by atoms with Crippen molar-refractivity contribution in [1.29, 1.82) is 0 Å². The largest absolute Gasteiger partial charge is 0.380 e. The molecular formula is C11H24N2O. The van der Waals surface area contributed by atoms with Crippen molar-refractivity contribution in [1.82, 2.24) is 4.90 Å². The normalized spacial score (nSPS) is 30.2. The number of nitrogens with two attached hydrogens (primary N) is 1. The van der Waals surface area contributed by atoms with Crippen LogP contribution in [0, 0.1) is 0 Å². The predicted molar refractivity (Wildman–Crippen MR) is 59.3 cm³/mol. The Morgan fingerprint density at radius 3 is 2.64 bits per heavy atom. The maximum atomic E-state index is 5.90. The number of rotatable bonds is 4. The van der Waals surface area contributed by atoms with Crippen molar-refractivity contribution < 1.29 is 4.74 Å². The van der Waals surface area contributed by atoms with Crippen molar-refractivity contribution in [3.8, 4) is 0 Å². The molecule has 1 heterocycles. The molecule has 0 aromatic heterocycles. The van der Waals surface area contributed by atoms with Gasteiger partial charge in [0.15, 0.2) is 0 Å². The number of hydrogen-bond donors (Lipinski definition) is 1. The Hall–Kier alpha value is -0.120. The summed E-state index contributed by atoms with van der Waals surface area (Å²) < 4.78 is 5.45. The average Bonchev–Trinajstić information content (AvgIpc) is 2.62. The van der Waals surface area contributed by atoms with E-state index in [0.29, 0.717) is 12.6 Å². The van der Waals surface area contributed by atoms with E-state index in [0.717, 1.165) is 6.54 Å². The van der Waals surface area contributed by atoms with Crippen molar-refractivity contribution in [2.75, 3.05) is 20.2 Å². The fourth-order valence-corrected chi connectivity index (χ4v) is 2.46. The Labute approximate surface area is 87.6 Å². The second-order valence-corrected chi connectivity index (χ2v) is 4.62. The highest BCUT2D eigenvalue weighted by atomic mass is 16.5. The first-order valence-corrected chi connectivity index (χ1v) is 5.56. The van der Waals surface area contributed by atoms with Crippen LogP contribution in [0.4, 0.5) is 0 Å². The van der Waals surface area contributed by atoms with Crippen LogP contribution >= 0.6 is 0 Å². The van der Waals surface area contributed by atoms with Crippen molar-refractivity contribution in [2.24, 2.45) is 5.73 Å². The van der Waals surface area contributed by atoms with E-state index in [2.05, 4.69) is 25.7 Å². The van der Waals surface area contributed by atoms with Crippen LogP contribution in [0.2, 0.25) is 0 Å². The van der Waals surface area contributed by atoms with Gasteiger partial charge in [-0.2, -0.15) is 0 Å². The summed E-state index contributed by atoms with van der Waals surface area (Å²) >= 11 is 0. The van der Waals surface area contributed by atoms with Gasteiger partial charge < -0.3 is 10.5 Å². The molecule has 1 saturated heterocycles. The highest BCUT2D eigenvalue weighted by molar-refractivity contribution is 4.97. The van der Waals surface area contributed by atoms with Crippen LogP contribution in [0.1, 0.15) is 33.6 Å². The van der Waals surface area contributed by atoms with Crippen LogP contribution in [-0.4, -0.2) is 42.8 Å². The van der Waals surface area contributed by atoms with Gasteiger partial charge in [-0.15, -0.1) is 0 Å². The number of nitrogens with zero attached hydrogens (tertiary/aromatic N) is 1. The lowest BCUT2D eigenvalue weighted by Crippen LogP contribution is -2.59. The van der Waals surface area contributed by atoms with Gasteiger partial charge in [0.1, 0.15) is 0 Å². The Morgan fingerprint density at radius 1 is 1.64 bits per heavy atom. The van der Waals surface area contributed by atoms with Gasteiger partial charge in [0.2, 0.25) is 0 Å². The molecule has 1 rings (SSSR count). The van der Waals surface area contributed by atoms with E-state index in [4.69, 9.17) is 10.5 Å². The standard InChI is InChI=1S/C11H24N2O/c1-9-6-5-7-13(9)11(3,8-12)10(2)14-4/h9-10H,5-8,12H2,1-4H3. The van der Waals surface area contributed by atoms with Crippen molar-refractivity contribution >= 4 is 0 Å². The molecule has 0 aromatic rings. The summed E-state index contributed by atoms with van der Waals surface area (Å²) in [7, 11) is 1.76. The van der Waals surface area contributed by atoms with Gasteiger partial charge in [-0.1, -0.05) is 0 Å². The molecular weight excluding hydrogens is 176 g/mol. The van der Waals surface area contributed by atoms with Crippen molar-refractivity contribution in [3.63, 3.8) is 0 Å². The molecule has 3 atom stereocenters. The second-order valence-electron chi connectivity index (χ2n) is 4.62. The highest BCUT2D eigenvalue weighted by Gasteiger charge is 2.40. The lowest BCUT2D eigenvalue weighted by Gasteiger charge is -2.44. The smallest absolute Gasteiger partial charge is 0.0736 e. The summed E-state index contributed by atoms with van der Waals surface area (Å²) in [6, 6.07) is 0.640. The average molecular weight is 200 g/mol. The molecule has 84 valence electrons. The van der Waals surface area contributed by atoms with Crippen molar-refractivity contribution in [3.05, 3.63) is 0 Å². The first-order valence-electron chi connectivity index (χ1n) is 5.56. The van der Waals surface area contributed by atoms with Gasteiger partial charge >= 0.3 is 0 Å². The van der Waals surface area contributed by atoms with E-state index in [1.807, 2.05) is 0 Å². The summed E-state index contributed by atoms with van der Waals surface area (Å²) in [6.45, 7) is 8.42. The predicted octanol–water partition coefficient (Wildman–Crippen LogP) is 1.22. The van der Waals surface area contributed by atoms with Crippen LogP contribution in [-0.2, 0) is 4.74 Å². The minimum Gasteiger partial charge on any atom is -0.380 e. The van der Waals surface area contributed by atoms with Gasteiger partial charge in [-0.25, -0.2) is 0 Å². The Morgan fingerprint density at radius 2 is 2.29 bits per heavy atom. The molecule has 1 fully saturated rings. The zero-order valence-electron chi connectivity index (χ0n) is 9.92. The number of ether oxygens (including phenoxy) is 1. The molecule has 3 heteroatoms. The highest BCUT2D eigenvalue weighted by Crippen LogP contribution is 2.29. The monoisotopic (exact) mass is 200 g/mol. The first-order chi connectivity index (χ1) is 6.56. The molecule has 0 aromatic carbocycles. The molecule has 2 N–H and O–H groups in total. The van der Waals surface area contributed by atoms with Crippen LogP contribution in [0.15, 0.2) is 0 Å². The summed E-state index contributed by atoms with van der Waals surface area (Å²) in [5, 5.41) is 0. The number of hydrogen-bond acceptors (Lipinski definition) is 3. The second kappa shape index (κ2) is 4.60. The van der Waals surface area contributed by atoms with Crippen LogP contribution in [0.3, 0.4) is 0 Å². The van der Waals surface area contributed by atoms with Gasteiger partial charge in [0.25, 0.3) is 0 Å². The number of likely N-dealkylation sites (tertiary alicyclic amines) is 1. The first kappa shape index (κ1) is 12.0. The Bertz CT molecular complexity index is 186. The molecule has 0 amide bonds. The van der Waals surface area contributed by atoms with Gasteiger partial charge in [-0.05, 0) is 40.2 Å². The number of methoxy groups -OCH3 is 1. The SMILES string of the molecule is COC(C)C(C)(CN)N1CCCC1C. The molecule has 0 spiro atoms. The quantitative estimate of drug-likeness (QED) is 0.741. The Kier molecular flexibility index (Phi) is 3.93. The minimum atomic E-state index is -0.00926. The van der Waals surface area contributed by atoms with E-state index in [1.54, 1.807) is 7.11 Å². The third kappa shape index (κ3) is 1.95. The minimum absolute atomic E-state index is 0.00926. The Balaban J connectivity index is 2.77. The summed E-state index contributed by atoms with van der Waals surface area (Å²) in [4.78, 5) is 2.50. The third-order valence-corrected chi connectivity index (χ3v) is 3.85. The van der Waals surface area contributed by atoms with Gasteiger partial charge in [0.05, 0.1) is 11.6 Å². The zero-order valence-corrected chi connectivity index (χ0v) is 9.92. The molecule has 0 radical (unpaired) electrons. The lowest BCUT2D eigenvalue weighted by molar-refractivity contribution is -0.0344. The molecule has 3 unspecified atom stereocenters. The summed E-state index contributed by atoms with van der Waals surface area (Å²) in [5.74, 6) is 0. The van der Waals surface area contributed by atoms with Crippen LogP contribution in [0.25, 0.3) is 0 Å². The molecule has 14 heavy (non-hydrogen) atoms. The fourth-order valence-electron chi connectivity index (χ4n) is 2.46. The summed E-state index contributed by atoms with van der Waals surface area (Å²) in [6.07, 6.45) is 2.76. The van der Waals surface area contributed by atoms with E-state index in [9.17, 15) is 0 Å². The fraction of sp³-hybridized carbons (Fsp3) is 1.00. The van der Waals surface area contributed by atoms with E-state index < -0.39 is 0 Å². The summed E-state index contributed by atoms with van der Waals surface area (Å²) in [5.41, 5.74) is 5.89. The zero-order chi connectivity index (χ0) is 10.8. The van der Waals surface area contributed by atoms with Crippen LogP contribution < -0.4 is 5.73 Å². The van der Waals surface area contributed by atoms with E-state index in [-0.39, 0.29) is 11.6 Å². The topological polar surface area (TPSA) is 38.5 Å². The third-order valence-electron chi connectivity index (χ3n) is 3.85. The lowest BCUT2D eigenvalue weighted by atomic mass is 9.92. The van der Waals surface area contributed by atoms with E-state index >= 15 is 0 Å². The molecule has 0 bridgehead atoms. The van der Waals surface area contributed by atoms with Crippen LogP contribution in [0.5, 0.6) is 0 Å². The van der Waals surface area contributed by atoms with E-state index in [1.165, 1.54) is 12.8 Å². The molecule has 1 aliphatic heterocycles. The molecule has 0 aliphatic carbocycles. The molecule has 1 aliphatic rings. The van der Waals surface area contributed by atoms with Gasteiger partial charge in [-0.3, -0.25) is 4.90 Å². The molecule has 3 nitrogen and oxygen atoms in total. The molecule has 0 saturated carbocycles.